The predicted molar refractivity (Wildman–Crippen MR) is 117 cm³/mol. The first kappa shape index (κ1) is 21.3. The number of hydrogen-bond acceptors (Lipinski definition) is 4. The number of benzene rings is 2. The molecule has 0 spiro atoms. The fourth-order valence-corrected chi connectivity index (χ4v) is 5.26. The Morgan fingerprint density at radius 3 is 2.45 bits per heavy atom. The molecular formula is C22H29N3O3S. The van der Waals surface area contributed by atoms with Crippen molar-refractivity contribution in [3.05, 3.63) is 53.1 Å². The molecule has 0 bridgehead atoms. The van der Waals surface area contributed by atoms with Crippen molar-refractivity contribution in [1.29, 1.82) is 0 Å². The van der Waals surface area contributed by atoms with Crippen LogP contribution in [0.3, 0.4) is 0 Å². The summed E-state index contributed by atoms with van der Waals surface area (Å²) in [6, 6.07) is 11.0. The van der Waals surface area contributed by atoms with Crippen LogP contribution in [0.25, 0.3) is 0 Å². The Balaban J connectivity index is 1.69. The summed E-state index contributed by atoms with van der Waals surface area (Å²) in [5.74, 6) is -0.181. The molecule has 29 heavy (non-hydrogen) atoms. The van der Waals surface area contributed by atoms with Crippen LogP contribution >= 0.6 is 0 Å². The second kappa shape index (κ2) is 8.97. The third-order valence-corrected chi connectivity index (χ3v) is 7.49. The van der Waals surface area contributed by atoms with Gasteiger partial charge in [-0.3, -0.25) is 4.79 Å². The number of anilines is 2. The van der Waals surface area contributed by atoms with Crippen molar-refractivity contribution >= 4 is 27.3 Å². The van der Waals surface area contributed by atoms with Gasteiger partial charge in [-0.05, 0) is 68.5 Å². The lowest BCUT2D eigenvalue weighted by molar-refractivity contribution is -0.114. The monoisotopic (exact) mass is 415 g/mol. The van der Waals surface area contributed by atoms with E-state index < -0.39 is 10.0 Å². The first-order valence-electron chi connectivity index (χ1n) is 10.00. The van der Waals surface area contributed by atoms with Crippen molar-refractivity contribution < 1.29 is 13.2 Å². The maximum atomic E-state index is 13.0. The molecule has 0 saturated carbocycles. The van der Waals surface area contributed by atoms with Crippen LogP contribution in [-0.4, -0.2) is 38.3 Å². The number of carbonyl (C=O) groups excluding carboxylic acids is 1. The highest BCUT2D eigenvalue weighted by Crippen LogP contribution is 2.26. The van der Waals surface area contributed by atoms with Crippen LogP contribution in [0, 0.1) is 20.8 Å². The summed E-state index contributed by atoms with van der Waals surface area (Å²) in [5, 5.41) is 5.95. The van der Waals surface area contributed by atoms with E-state index in [0.29, 0.717) is 29.2 Å². The third-order valence-electron chi connectivity index (χ3n) is 5.45. The molecule has 0 unspecified atom stereocenters. The van der Waals surface area contributed by atoms with Crippen molar-refractivity contribution in [3.63, 3.8) is 0 Å². The van der Waals surface area contributed by atoms with Gasteiger partial charge in [0.2, 0.25) is 15.9 Å². The summed E-state index contributed by atoms with van der Waals surface area (Å²) in [5.41, 5.74) is 4.25. The van der Waals surface area contributed by atoms with E-state index in [-0.39, 0.29) is 12.5 Å². The van der Waals surface area contributed by atoms with E-state index in [1.807, 2.05) is 32.0 Å². The number of nitrogens with zero attached hydrogens (tertiary/aromatic N) is 1. The molecule has 6 nitrogen and oxygen atoms in total. The van der Waals surface area contributed by atoms with Gasteiger partial charge in [-0.25, -0.2) is 8.42 Å². The largest absolute Gasteiger partial charge is 0.376 e. The van der Waals surface area contributed by atoms with Gasteiger partial charge in [0.1, 0.15) is 0 Å². The summed E-state index contributed by atoms with van der Waals surface area (Å²) in [7, 11) is -3.52. The van der Waals surface area contributed by atoms with Gasteiger partial charge in [-0.15, -0.1) is 0 Å². The minimum Gasteiger partial charge on any atom is -0.376 e. The average Bonchev–Trinajstić information content (AvgIpc) is 2.71. The molecule has 1 amide bonds. The van der Waals surface area contributed by atoms with E-state index in [1.165, 1.54) is 0 Å². The number of sulfonamides is 1. The maximum Gasteiger partial charge on any atom is 0.243 e. The van der Waals surface area contributed by atoms with Gasteiger partial charge in [0.15, 0.2) is 0 Å². The molecule has 0 aromatic heterocycles. The standard InChI is InChI=1S/C22H29N3O3S/c1-16-8-7-9-20(18(16)3)24-22(26)15-23-19-11-10-17(2)21(14-19)29(27,28)25-12-5-4-6-13-25/h7-11,14,23H,4-6,12-13,15H2,1-3H3,(H,24,26). The molecule has 0 atom stereocenters. The second-order valence-corrected chi connectivity index (χ2v) is 9.50. The fraction of sp³-hybridized carbons (Fsp3) is 0.409. The molecule has 1 aliphatic rings. The van der Waals surface area contributed by atoms with Gasteiger partial charge < -0.3 is 10.6 Å². The van der Waals surface area contributed by atoms with E-state index in [0.717, 1.165) is 36.1 Å². The normalized spacial score (nSPS) is 15.1. The maximum absolute atomic E-state index is 13.0. The molecule has 3 rings (SSSR count). The van der Waals surface area contributed by atoms with Crippen LogP contribution in [0.5, 0.6) is 0 Å². The Labute approximate surface area is 173 Å². The Hall–Kier alpha value is -2.38. The van der Waals surface area contributed by atoms with Gasteiger partial charge in [0.05, 0.1) is 11.4 Å². The van der Waals surface area contributed by atoms with Crippen LogP contribution in [0.4, 0.5) is 11.4 Å². The zero-order valence-corrected chi connectivity index (χ0v) is 18.1. The fourth-order valence-electron chi connectivity index (χ4n) is 3.50. The van der Waals surface area contributed by atoms with Gasteiger partial charge in [0, 0.05) is 24.5 Å². The number of carbonyl (C=O) groups is 1. The van der Waals surface area contributed by atoms with Crippen molar-refractivity contribution in [1.82, 2.24) is 4.31 Å². The minimum atomic E-state index is -3.52. The molecule has 7 heteroatoms. The molecule has 1 aliphatic heterocycles. The van der Waals surface area contributed by atoms with Crippen molar-refractivity contribution in [3.8, 4) is 0 Å². The second-order valence-electron chi connectivity index (χ2n) is 7.59. The quantitative estimate of drug-likeness (QED) is 0.751. The molecule has 0 aliphatic carbocycles. The highest BCUT2D eigenvalue weighted by Gasteiger charge is 2.27. The zero-order chi connectivity index (χ0) is 21.0. The van der Waals surface area contributed by atoms with Crippen LogP contribution < -0.4 is 10.6 Å². The smallest absolute Gasteiger partial charge is 0.243 e. The van der Waals surface area contributed by atoms with E-state index in [4.69, 9.17) is 0 Å². The molecule has 156 valence electrons. The summed E-state index contributed by atoms with van der Waals surface area (Å²) in [4.78, 5) is 12.7. The van der Waals surface area contributed by atoms with Crippen molar-refractivity contribution in [2.75, 3.05) is 30.3 Å². The van der Waals surface area contributed by atoms with Gasteiger partial charge in [-0.1, -0.05) is 24.6 Å². The van der Waals surface area contributed by atoms with E-state index in [1.54, 1.807) is 29.4 Å². The average molecular weight is 416 g/mol. The minimum absolute atomic E-state index is 0.0552. The van der Waals surface area contributed by atoms with Crippen LogP contribution in [0.15, 0.2) is 41.3 Å². The Kier molecular flexibility index (Phi) is 6.59. The lowest BCUT2D eigenvalue weighted by atomic mass is 10.1. The number of rotatable bonds is 6. The van der Waals surface area contributed by atoms with Gasteiger partial charge >= 0.3 is 0 Å². The SMILES string of the molecule is Cc1ccc(NCC(=O)Nc2cccc(C)c2C)cc1S(=O)(=O)N1CCCCC1. The van der Waals surface area contributed by atoms with Crippen LogP contribution in [0.2, 0.25) is 0 Å². The third kappa shape index (κ3) is 4.97. The molecule has 2 aromatic carbocycles. The Morgan fingerprint density at radius 1 is 1.00 bits per heavy atom. The lowest BCUT2D eigenvalue weighted by Crippen LogP contribution is -2.36. The Morgan fingerprint density at radius 2 is 1.72 bits per heavy atom. The van der Waals surface area contributed by atoms with Crippen molar-refractivity contribution in [2.24, 2.45) is 0 Å². The topological polar surface area (TPSA) is 78.5 Å². The predicted octanol–water partition coefficient (Wildman–Crippen LogP) is 3.84. The van der Waals surface area contributed by atoms with E-state index in [9.17, 15) is 13.2 Å². The van der Waals surface area contributed by atoms with E-state index >= 15 is 0 Å². The number of aryl methyl sites for hydroxylation is 2. The highest BCUT2D eigenvalue weighted by atomic mass is 32.2. The Bertz CT molecular complexity index is 996. The molecular weight excluding hydrogens is 386 g/mol. The first-order valence-corrected chi connectivity index (χ1v) is 11.4. The molecule has 1 saturated heterocycles. The summed E-state index contributed by atoms with van der Waals surface area (Å²) in [6.07, 6.45) is 2.87. The molecule has 2 aromatic rings. The first-order chi connectivity index (χ1) is 13.8. The molecule has 2 N–H and O–H groups in total. The van der Waals surface area contributed by atoms with Gasteiger partial charge in [-0.2, -0.15) is 4.31 Å². The summed E-state index contributed by atoms with van der Waals surface area (Å²) >= 11 is 0. The van der Waals surface area contributed by atoms with Gasteiger partial charge in [0.25, 0.3) is 0 Å². The molecule has 0 radical (unpaired) electrons. The van der Waals surface area contributed by atoms with Crippen LogP contribution in [0.1, 0.15) is 36.0 Å². The summed E-state index contributed by atoms with van der Waals surface area (Å²) < 4.78 is 27.6. The number of hydrogen-bond donors (Lipinski definition) is 2. The van der Waals surface area contributed by atoms with E-state index in [2.05, 4.69) is 10.6 Å². The van der Waals surface area contributed by atoms with Crippen LogP contribution in [-0.2, 0) is 14.8 Å². The summed E-state index contributed by atoms with van der Waals surface area (Å²) in [6.45, 7) is 6.96. The lowest BCUT2D eigenvalue weighted by Gasteiger charge is -2.26. The number of nitrogens with one attached hydrogen (secondary N) is 2. The molecule has 1 heterocycles. The van der Waals surface area contributed by atoms with Crippen molar-refractivity contribution in [2.45, 2.75) is 44.9 Å². The highest BCUT2D eigenvalue weighted by molar-refractivity contribution is 7.89. The number of piperidine rings is 1. The zero-order valence-electron chi connectivity index (χ0n) is 17.3. The number of amides is 1. The molecule has 1 fully saturated rings.